The molecule has 2 aliphatic rings. The van der Waals surface area contributed by atoms with E-state index in [2.05, 4.69) is 49.6 Å². The predicted octanol–water partition coefficient (Wildman–Crippen LogP) is 4.38. The first-order chi connectivity index (χ1) is 10.2. The molecule has 1 fully saturated rings. The van der Waals surface area contributed by atoms with Crippen molar-refractivity contribution in [2.24, 2.45) is 0 Å². The molecule has 1 aromatic carbocycles. The summed E-state index contributed by atoms with van der Waals surface area (Å²) in [7, 11) is 0. The average Bonchev–Trinajstić information content (AvgIpc) is 2.78. The van der Waals surface area contributed by atoms with Crippen molar-refractivity contribution in [1.29, 1.82) is 0 Å². The summed E-state index contributed by atoms with van der Waals surface area (Å²) in [6.45, 7) is 9.18. The van der Waals surface area contributed by atoms with E-state index in [4.69, 9.17) is 0 Å². The third kappa shape index (κ3) is 2.11. The molecule has 2 nitrogen and oxygen atoms in total. The Kier molecular flexibility index (Phi) is 4.00. The summed E-state index contributed by atoms with van der Waals surface area (Å²) in [5.74, 6) is 0. The van der Waals surface area contributed by atoms with Crippen molar-refractivity contribution in [1.82, 2.24) is 5.32 Å². The molecule has 1 saturated heterocycles. The number of rotatable bonds is 5. The second-order valence-corrected chi connectivity index (χ2v) is 7.07. The van der Waals surface area contributed by atoms with Crippen LogP contribution in [0.4, 0.5) is 5.69 Å². The van der Waals surface area contributed by atoms with Crippen LogP contribution in [-0.2, 0) is 5.41 Å². The fourth-order valence-corrected chi connectivity index (χ4v) is 4.81. The molecule has 1 aromatic rings. The first-order valence-electron chi connectivity index (χ1n) is 8.78. The number of nitrogens with one attached hydrogen (secondary N) is 2. The Hall–Kier alpha value is -1.02. The highest BCUT2D eigenvalue weighted by Gasteiger charge is 2.57. The standard InChI is InChI=1S/C19H30N2/c1-4-6-11-18-14-20-13-12-19(18,10-5-2)21-17-15(3)8-7-9-16(17)18/h7-9,20-21H,4-6,10-14H2,1-3H3. The number of para-hydroxylation sites is 1. The van der Waals surface area contributed by atoms with Gasteiger partial charge in [-0.3, -0.25) is 0 Å². The zero-order valence-electron chi connectivity index (χ0n) is 13.9. The fourth-order valence-electron chi connectivity index (χ4n) is 4.81. The molecule has 0 spiro atoms. The highest BCUT2D eigenvalue weighted by molar-refractivity contribution is 5.69. The lowest BCUT2D eigenvalue weighted by atomic mass is 9.60. The van der Waals surface area contributed by atoms with Crippen molar-refractivity contribution < 1.29 is 0 Å². The normalized spacial score (nSPS) is 30.6. The Morgan fingerprint density at radius 1 is 1.14 bits per heavy atom. The zero-order valence-corrected chi connectivity index (χ0v) is 13.9. The molecule has 0 saturated carbocycles. The second-order valence-electron chi connectivity index (χ2n) is 7.07. The van der Waals surface area contributed by atoms with Crippen LogP contribution in [0.25, 0.3) is 0 Å². The summed E-state index contributed by atoms with van der Waals surface area (Å²) in [5.41, 5.74) is 4.99. The van der Waals surface area contributed by atoms with Gasteiger partial charge in [0.15, 0.2) is 0 Å². The van der Waals surface area contributed by atoms with Crippen LogP contribution in [-0.4, -0.2) is 18.6 Å². The summed E-state index contributed by atoms with van der Waals surface area (Å²) >= 11 is 0. The number of benzene rings is 1. The van der Waals surface area contributed by atoms with Crippen LogP contribution < -0.4 is 10.6 Å². The lowest BCUT2D eigenvalue weighted by molar-refractivity contribution is 0.165. The van der Waals surface area contributed by atoms with Crippen molar-refractivity contribution in [3.8, 4) is 0 Å². The summed E-state index contributed by atoms with van der Waals surface area (Å²) < 4.78 is 0. The van der Waals surface area contributed by atoms with E-state index >= 15 is 0 Å². The molecule has 2 heteroatoms. The first kappa shape index (κ1) is 14.9. The molecule has 21 heavy (non-hydrogen) atoms. The minimum Gasteiger partial charge on any atom is -0.378 e. The van der Waals surface area contributed by atoms with Gasteiger partial charge in [-0.25, -0.2) is 0 Å². The zero-order chi connectivity index (χ0) is 14.9. The third-order valence-corrected chi connectivity index (χ3v) is 5.86. The maximum absolute atomic E-state index is 4.03. The smallest absolute Gasteiger partial charge is 0.0495 e. The highest BCUT2D eigenvalue weighted by atomic mass is 15.1. The molecule has 0 aromatic heterocycles. The molecule has 2 aliphatic heterocycles. The van der Waals surface area contributed by atoms with E-state index in [0.717, 1.165) is 13.1 Å². The number of anilines is 1. The van der Waals surface area contributed by atoms with Gasteiger partial charge in [-0.1, -0.05) is 51.3 Å². The van der Waals surface area contributed by atoms with Crippen molar-refractivity contribution in [3.63, 3.8) is 0 Å². The first-order valence-corrected chi connectivity index (χ1v) is 8.78. The third-order valence-electron chi connectivity index (χ3n) is 5.86. The molecule has 2 unspecified atom stereocenters. The van der Waals surface area contributed by atoms with Crippen LogP contribution in [0.15, 0.2) is 18.2 Å². The lowest BCUT2D eigenvalue weighted by Crippen LogP contribution is -2.62. The maximum Gasteiger partial charge on any atom is 0.0495 e. The van der Waals surface area contributed by atoms with Gasteiger partial charge < -0.3 is 10.6 Å². The van der Waals surface area contributed by atoms with E-state index in [1.165, 1.54) is 49.8 Å². The Morgan fingerprint density at radius 3 is 2.76 bits per heavy atom. The molecule has 2 atom stereocenters. The molecular formula is C19H30N2. The molecule has 2 heterocycles. The topological polar surface area (TPSA) is 24.1 Å². The Bertz CT molecular complexity index is 506. The predicted molar refractivity (Wildman–Crippen MR) is 91.1 cm³/mol. The van der Waals surface area contributed by atoms with Crippen LogP contribution in [0.2, 0.25) is 0 Å². The summed E-state index contributed by atoms with van der Waals surface area (Å²) in [6.07, 6.45) is 7.70. The molecule has 0 bridgehead atoms. The van der Waals surface area contributed by atoms with E-state index in [0.29, 0.717) is 5.41 Å². The second kappa shape index (κ2) is 5.64. The van der Waals surface area contributed by atoms with Gasteiger partial charge in [0.2, 0.25) is 0 Å². The van der Waals surface area contributed by atoms with Gasteiger partial charge in [0.25, 0.3) is 0 Å². The van der Waals surface area contributed by atoms with Crippen LogP contribution in [0.1, 0.15) is 63.5 Å². The number of fused-ring (bicyclic) bond motifs is 3. The Labute approximate surface area is 129 Å². The monoisotopic (exact) mass is 286 g/mol. The van der Waals surface area contributed by atoms with Gasteiger partial charge in [-0.15, -0.1) is 0 Å². The summed E-state index contributed by atoms with van der Waals surface area (Å²) in [6, 6.07) is 6.89. The quantitative estimate of drug-likeness (QED) is 0.839. The molecule has 0 amide bonds. The highest BCUT2D eigenvalue weighted by Crippen LogP contribution is 2.55. The molecule has 2 N–H and O–H groups in total. The number of hydrogen-bond donors (Lipinski definition) is 2. The molecule has 0 radical (unpaired) electrons. The van der Waals surface area contributed by atoms with Gasteiger partial charge in [0.05, 0.1) is 0 Å². The largest absolute Gasteiger partial charge is 0.378 e. The summed E-state index contributed by atoms with van der Waals surface area (Å²) in [5, 5.41) is 7.74. The van der Waals surface area contributed by atoms with Crippen LogP contribution in [0.5, 0.6) is 0 Å². The van der Waals surface area contributed by atoms with E-state index < -0.39 is 0 Å². The van der Waals surface area contributed by atoms with Gasteiger partial charge >= 0.3 is 0 Å². The minimum absolute atomic E-state index is 0.274. The Morgan fingerprint density at radius 2 is 2.00 bits per heavy atom. The van der Waals surface area contributed by atoms with Crippen LogP contribution >= 0.6 is 0 Å². The van der Waals surface area contributed by atoms with Gasteiger partial charge in [0, 0.05) is 23.2 Å². The fraction of sp³-hybridized carbons (Fsp3) is 0.684. The van der Waals surface area contributed by atoms with E-state index in [1.54, 1.807) is 5.56 Å². The van der Waals surface area contributed by atoms with Gasteiger partial charge in [0.1, 0.15) is 0 Å². The number of hydrogen-bond acceptors (Lipinski definition) is 2. The van der Waals surface area contributed by atoms with Crippen molar-refractivity contribution in [2.75, 3.05) is 18.4 Å². The lowest BCUT2D eigenvalue weighted by Gasteiger charge is -2.50. The van der Waals surface area contributed by atoms with Crippen LogP contribution in [0.3, 0.4) is 0 Å². The molecule has 3 rings (SSSR count). The van der Waals surface area contributed by atoms with Crippen molar-refractivity contribution in [2.45, 2.75) is 70.3 Å². The number of piperidine rings is 1. The van der Waals surface area contributed by atoms with Crippen molar-refractivity contribution in [3.05, 3.63) is 29.3 Å². The van der Waals surface area contributed by atoms with Gasteiger partial charge in [-0.2, -0.15) is 0 Å². The molecule has 0 aliphatic carbocycles. The van der Waals surface area contributed by atoms with Crippen LogP contribution in [0, 0.1) is 6.92 Å². The minimum atomic E-state index is 0.274. The van der Waals surface area contributed by atoms with Gasteiger partial charge in [-0.05, 0) is 43.9 Å². The number of unbranched alkanes of at least 4 members (excludes halogenated alkanes) is 1. The van der Waals surface area contributed by atoms with E-state index in [1.807, 2.05) is 0 Å². The van der Waals surface area contributed by atoms with E-state index in [-0.39, 0.29) is 5.54 Å². The Balaban J connectivity index is 2.12. The van der Waals surface area contributed by atoms with E-state index in [9.17, 15) is 0 Å². The SMILES string of the molecule is CCCCC12CNCCC1(CCC)Nc1c(C)cccc12. The summed E-state index contributed by atoms with van der Waals surface area (Å²) in [4.78, 5) is 0. The molecule has 116 valence electrons. The average molecular weight is 286 g/mol. The molecular weight excluding hydrogens is 256 g/mol. The maximum atomic E-state index is 4.03. The number of aryl methyl sites for hydroxylation is 1. The van der Waals surface area contributed by atoms with Crippen molar-refractivity contribution >= 4 is 5.69 Å².